The number of aromatic nitrogens is 2. The lowest BCUT2D eigenvalue weighted by atomic mass is 10.1. The number of rotatable bonds is 10. The summed E-state index contributed by atoms with van der Waals surface area (Å²) < 4.78 is 22.9. The summed E-state index contributed by atoms with van der Waals surface area (Å²) in [7, 11) is 6.20. The van der Waals surface area contributed by atoms with Crippen LogP contribution in [0.4, 0.5) is 0 Å². The van der Waals surface area contributed by atoms with Crippen molar-refractivity contribution in [2.75, 3.05) is 35.0 Å². The van der Waals surface area contributed by atoms with Crippen LogP contribution >= 0.6 is 12.2 Å². The second kappa shape index (κ2) is 11.0. The second-order valence-electron chi connectivity index (χ2n) is 7.21. The van der Waals surface area contributed by atoms with Crippen LogP contribution < -0.4 is 25.1 Å². The molecule has 9 nitrogen and oxygen atoms in total. The molecular formula is C23H27N3O6S. The van der Waals surface area contributed by atoms with Gasteiger partial charge in [0.15, 0.2) is 16.3 Å². The zero-order valence-electron chi connectivity index (χ0n) is 19.0. The molecule has 0 bridgehead atoms. The zero-order valence-corrected chi connectivity index (χ0v) is 19.8. The van der Waals surface area contributed by atoms with Gasteiger partial charge in [0.05, 0.1) is 32.2 Å². The Bertz CT molecular complexity index is 1240. The fraction of sp³-hybridized carbons (Fsp3) is 0.348. The van der Waals surface area contributed by atoms with Crippen molar-refractivity contribution in [1.29, 1.82) is 0 Å². The summed E-state index contributed by atoms with van der Waals surface area (Å²) in [4.78, 5) is 28.6. The highest BCUT2D eigenvalue weighted by Crippen LogP contribution is 2.38. The van der Waals surface area contributed by atoms with Crippen LogP contribution in [0.1, 0.15) is 22.3 Å². The largest absolute Gasteiger partial charge is 0.493 e. The number of fused-ring (bicyclic) bond motifs is 1. The van der Waals surface area contributed by atoms with E-state index >= 15 is 0 Å². The first-order valence-corrected chi connectivity index (χ1v) is 10.7. The molecular weight excluding hydrogens is 446 g/mol. The minimum absolute atomic E-state index is 0.200. The molecule has 0 aliphatic carbocycles. The van der Waals surface area contributed by atoms with Crippen molar-refractivity contribution in [3.8, 4) is 17.2 Å². The number of benzene rings is 2. The van der Waals surface area contributed by atoms with Crippen LogP contribution in [0.5, 0.6) is 17.2 Å². The van der Waals surface area contributed by atoms with E-state index in [1.165, 1.54) is 25.9 Å². The zero-order chi connectivity index (χ0) is 24.0. The molecule has 3 aromatic rings. The molecule has 1 amide bonds. The highest BCUT2D eigenvalue weighted by atomic mass is 32.1. The number of carbonyl (C=O) groups excluding carboxylic acids is 1. The van der Waals surface area contributed by atoms with Gasteiger partial charge in [-0.15, -0.1) is 0 Å². The number of nitrogens with zero attached hydrogens (tertiary/aromatic N) is 1. The van der Waals surface area contributed by atoms with Gasteiger partial charge in [-0.2, -0.15) is 0 Å². The van der Waals surface area contributed by atoms with E-state index in [4.69, 9.17) is 31.2 Å². The van der Waals surface area contributed by atoms with Crippen LogP contribution in [-0.4, -0.2) is 50.5 Å². The number of ether oxygens (including phenoxy) is 4. The van der Waals surface area contributed by atoms with Gasteiger partial charge in [0.25, 0.3) is 11.5 Å². The van der Waals surface area contributed by atoms with Gasteiger partial charge >= 0.3 is 0 Å². The fourth-order valence-electron chi connectivity index (χ4n) is 3.49. The Morgan fingerprint density at radius 3 is 2.36 bits per heavy atom. The van der Waals surface area contributed by atoms with Crippen LogP contribution in [0.3, 0.4) is 0 Å². The van der Waals surface area contributed by atoms with Gasteiger partial charge in [0.1, 0.15) is 0 Å². The van der Waals surface area contributed by atoms with Crippen LogP contribution in [0.2, 0.25) is 0 Å². The summed E-state index contributed by atoms with van der Waals surface area (Å²) in [5.41, 5.74) is 1.48. The highest BCUT2D eigenvalue weighted by Gasteiger charge is 2.15. The molecule has 176 valence electrons. The van der Waals surface area contributed by atoms with Crippen LogP contribution in [0, 0.1) is 4.77 Å². The van der Waals surface area contributed by atoms with Gasteiger partial charge in [-0.25, -0.2) is 0 Å². The first kappa shape index (κ1) is 24.3. The van der Waals surface area contributed by atoms with Gasteiger partial charge < -0.3 is 29.2 Å². The van der Waals surface area contributed by atoms with E-state index in [9.17, 15) is 9.59 Å². The predicted molar refractivity (Wildman–Crippen MR) is 127 cm³/mol. The second-order valence-corrected chi connectivity index (χ2v) is 7.60. The number of carbonyl (C=O) groups is 1. The molecule has 33 heavy (non-hydrogen) atoms. The Kier molecular flexibility index (Phi) is 8.07. The Balaban J connectivity index is 1.81. The SMILES string of the molecule is COCCCn1c(=S)[nH]c2cc(C(=O)NCc3cc(OC)c(OC)c(OC)c3)ccc2c1=O. The summed E-state index contributed by atoms with van der Waals surface area (Å²) >= 11 is 5.34. The minimum Gasteiger partial charge on any atom is -0.493 e. The van der Waals surface area contributed by atoms with Crippen molar-refractivity contribution in [3.05, 3.63) is 56.6 Å². The van der Waals surface area contributed by atoms with Crippen molar-refractivity contribution in [2.24, 2.45) is 0 Å². The third-order valence-corrected chi connectivity index (χ3v) is 5.47. The van der Waals surface area contributed by atoms with Crippen LogP contribution in [-0.2, 0) is 17.8 Å². The van der Waals surface area contributed by atoms with Crippen molar-refractivity contribution < 1.29 is 23.7 Å². The third-order valence-electron chi connectivity index (χ3n) is 5.15. The van der Waals surface area contributed by atoms with Gasteiger partial charge in [0.2, 0.25) is 5.75 Å². The smallest absolute Gasteiger partial charge is 0.262 e. The van der Waals surface area contributed by atoms with Crippen molar-refractivity contribution in [3.63, 3.8) is 0 Å². The van der Waals surface area contributed by atoms with Gasteiger partial charge in [-0.3, -0.25) is 14.2 Å². The maximum Gasteiger partial charge on any atom is 0.262 e. The summed E-state index contributed by atoms with van der Waals surface area (Å²) in [5.74, 6) is 1.18. The van der Waals surface area contributed by atoms with E-state index in [0.29, 0.717) is 58.1 Å². The summed E-state index contributed by atoms with van der Waals surface area (Å²) in [6, 6.07) is 8.40. The van der Waals surface area contributed by atoms with E-state index in [1.807, 2.05) is 0 Å². The average Bonchev–Trinajstić information content (AvgIpc) is 2.83. The number of H-pyrrole nitrogens is 1. The summed E-state index contributed by atoms with van der Waals surface area (Å²) in [5, 5.41) is 3.33. The fourth-order valence-corrected chi connectivity index (χ4v) is 3.77. The average molecular weight is 474 g/mol. The standard InChI is InChI=1S/C23H27N3O6S/c1-29-9-5-8-26-22(28)16-7-6-15(12-17(16)25-23(26)33)21(27)24-13-14-10-18(30-2)20(32-4)19(11-14)31-3/h6-7,10-12H,5,8-9,13H2,1-4H3,(H,24,27)(H,25,33). The number of aromatic amines is 1. The molecule has 10 heteroatoms. The van der Waals surface area contributed by atoms with E-state index in [0.717, 1.165) is 5.56 Å². The third kappa shape index (κ3) is 5.35. The molecule has 0 spiro atoms. The topological polar surface area (TPSA) is 104 Å². The van der Waals surface area contributed by atoms with Crippen LogP contribution in [0.15, 0.2) is 35.1 Å². The summed E-state index contributed by atoms with van der Waals surface area (Å²) in [6.45, 7) is 1.23. The molecule has 0 unspecified atom stereocenters. The maximum atomic E-state index is 12.8. The maximum absolute atomic E-state index is 12.8. The molecule has 0 aliphatic rings. The first-order valence-electron chi connectivity index (χ1n) is 10.3. The predicted octanol–water partition coefficient (Wildman–Crippen LogP) is 3.05. The first-order chi connectivity index (χ1) is 15.9. The van der Waals surface area contributed by atoms with E-state index in [1.54, 1.807) is 37.4 Å². The molecule has 1 aromatic heterocycles. The van der Waals surface area contributed by atoms with E-state index in [-0.39, 0.29) is 18.0 Å². The Morgan fingerprint density at radius 1 is 1.06 bits per heavy atom. The molecule has 0 saturated carbocycles. The molecule has 2 aromatic carbocycles. The van der Waals surface area contributed by atoms with Gasteiger partial charge in [0, 0.05) is 32.4 Å². The monoisotopic (exact) mass is 473 g/mol. The number of amides is 1. The molecule has 0 fully saturated rings. The van der Waals surface area contributed by atoms with E-state index < -0.39 is 0 Å². The molecule has 2 N–H and O–H groups in total. The lowest BCUT2D eigenvalue weighted by Gasteiger charge is -2.14. The molecule has 0 atom stereocenters. The lowest BCUT2D eigenvalue weighted by molar-refractivity contribution is 0.0951. The number of methoxy groups -OCH3 is 4. The van der Waals surface area contributed by atoms with Crippen molar-refractivity contribution >= 4 is 29.0 Å². The minimum atomic E-state index is -0.297. The number of hydrogen-bond donors (Lipinski definition) is 2. The molecule has 0 aliphatic heterocycles. The lowest BCUT2D eigenvalue weighted by Crippen LogP contribution is -2.24. The van der Waals surface area contributed by atoms with Gasteiger partial charge in [-0.05, 0) is 54.5 Å². The quantitative estimate of drug-likeness (QED) is 0.345. The Hall–Kier alpha value is -3.37. The van der Waals surface area contributed by atoms with Crippen molar-refractivity contribution in [1.82, 2.24) is 14.9 Å². The van der Waals surface area contributed by atoms with Crippen LogP contribution in [0.25, 0.3) is 10.9 Å². The number of hydrogen-bond acceptors (Lipinski definition) is 7. The molecule has 3 rings (SSSR count). The normalized spacial score (nSPS) is 10.8. The molecule has 0 radical (unpaired) electrons. The van der Waals surface area contributed by atoms with Crippen molar-refractivity contribution in [2.45, 2.75) is 19.5 Å². The Labute approximate surface area is 196 Å². The molecule has 1 heterocycles. The number of nitrogens with one attached hydrogen (secondary N) is 2. The van der Waals surface area contributed by atoms with Gasteiger partial charge in [-0.1, -0.05) is 0 Å². The Morgan fingerprint density at radius 2 is 1.76 bits per heavy atom. The van der Waals surface area contributed by atoms with E-state index in [2.05, 4.69) is 10.3 Å². The molecule has 0 saturated heterocycles. The highest BCUT2D eigenvalue weighted by molar-refractivity contribution is 7.71. The summed E-state index contributed by atoms with van der Waals surface area (Å²) in [6.07, 6.45) is 0.667.